The van der Waals surface area contributed by atoms with E-state index in [1.165, 1.54) is 6.07 Å². The molecule has 1 N–H and O–H groups in total. The molecule has 2 heterocycles. The second kappa shape index (κ2) is 4.83. The molecule has 116 valence electrons. The van der Waals surface area contributed by atoms with Crippen LogP contribution in [0.5, 0.6) is 0 Å². The van der Waals surface area contributed by atoms with Crippen LogP contribution in [0, 0.1) is 0 Å². The van der Waals surface area contributed by atoms with Crippen LogP contribution in [0.15, 0.2) is 36.4 Å². The number of amides is 1. The molecule has 0 fully saturated rings. The molecule has 0 aliphatic carbocycles. The van der Waals surface area contributed by atoms with Gasteiger partial charge in [-0.25, -0.2) is 4.79 Å². The van der Waals surface area contributed by atoms with Crippen molar-refractivity contribution in [3.8, 4) is 0 Å². The van der Waals surface area contributed by atoms with Crippen molar-refractivity contribution in [3.63, 3.8) is 0 Å². The Bertz CT molecular complexity index is 861. The largest absolute Gasteiger partial charge is 0.478 e. The van der Waals surface area contributed by atoms with Crippen LogP contribution in [-0.2, 0) is 0 Å². The minimum absolute atomic E-state index is 0.0585. The maximum Gasteiger partial charge on any atom is 0.336 e. The summed E-state index contributed by atoms with van der Waals surface area (Å²) in [6.07, 6.45) is 0.759. The molecule has 23 heavy (non-hydrogen) atoms. The Morgan fingerprint density at radius 3 is 2.65 bits per heavy atom. The number of anilines is 1. The second-order valence-electron chi connectivity index (χ2n) is 6.08. The van der Waals surface area contributed by atoms with E-state index in [0.717, 1.165) is 23.2 Å². The molecule has 0 spiro atoms. The summed E-state index contributed by atoms with van der Waals surface area (Å²) in [5.41, 5.74) is 2.89. The van der Waals surface area contributed by atoms with Crippen molar-refractivity contribution < 1.29 is 14.7 Å². The predicted molar refractivity (Wildman–Crippen MR) is 87.4 cm³/mol. The summed E-state index contributed by atoms with van der Waals surface area (Å²) < 4.78 is 0. The molecule has 0 radical (unpaired) electrons. The zero-order chi connectivity index (χ0) is 16.3. The number of carboxylic acids is 1. The third-order valence-electron chi connectivity index (χ3n) is 4.80. The number of carbonyl (C=O) groups is 2. The Morgan fingerprint density at radius 2 is 1.91 bits per heavy atom. The van der Waals surface area contributed by atoms with Gasteiger partial charge in [-0.2, -0.15) is 0 Å². The van der Waals surface area contributed by atoms with Gasteiger partial charge in [0.1, 0.15) is 0 Å². The molecular weight excluding hydrogens is 314 g/mol. The molecule has 2 atom stereocenters. The molecule has 2 aromatic rings. The SMILES string of the molecule is C[C@H]1C[C@H]2c3cccc(C(=O)O)c3C(=O)N2c2c(Cl)cccc21. The number of rotatable bonds is 1. The third kappa shape index (κ3) is 1.85. The number of nitrogens with zero attached hydrogens (tertiary/aromatic N) is 1. The first kappa shape index (κ1) is 14.3. The maximum absolute atomic E-state index is 13.0. The van der Waals surface area contributed by atoms with Crippen LogP contribution in [0.2, 0.25) is 5.02 Å². The molecule has 4 nitrogen and oxygen atoms in total. The maximum atomic E-state index is 13.0. The Hall–Kier alpha value is -2.33. The van der Waals surface area contributed by atoms with Crippen molar-refractivity contribution in [2.45, 2.75) is 25.3 Å². The molecule has 0 saturated heterocycles. The van der Waals surface area contributed by atoms with Gasteiger partial charge in [0.15, 0.2) is 0 Å². The van der Waals surface area contributed by atoms with Gasteiger partial charge >= 0.3 is 5.97 Å². The van der Waals surface area contributed by atoms with Gasteiger partial charge in [0, 0.05) is 0 Å². The van der Waals surface area contributed by atoms with E-state index in [4.69, 9.17) is 11.6 Å². The zero-order valence-corrected chi connectivity index (χ0v) is 13.2. The van der Waals surface area contributed by atoms with E-state index in [-0.39, 0.29) is 23.4 Å². The highest BCUT2D eigenvalue weighted by Crippen LogP contribution is 2.52. The molecule has 2 aromatic carbocycles. The Kier molecular flexibility index (Phi) is 3.00. The number of hydrogen-bond acceptors (Lipinski definition) is 2. The van der Waals surface area contributed by atoms with Crippen LogP contribution in [0.4, 0.5) is 5.69 Å². The molecule has 0 saturated carbocycles. The average Bonchev–Trinajstić information content (AvgIpc) is 2.81. The first-order valence-electron chi connectivity index (χ1n) is 7.49. The van der Waals surface area contributed by atoms with E-state index >= 15 is 0 Å². The normalized spacial score (nSPS) is 21.7. The first-order chi connectivity index (χ1) is 11.0. The van der Waals surface area contributed by atoms with Gasteiger partial charge in [-0.15, -0.1) is 0 Å². The summed E-state index contributed by atoms with van der Waals surface area (Å²) in [5.74, 6) is -1.11. The third-order valence-corrected chi connectivity index (χ3v) is 5.10. The van der Waals surface area contributed by atoms with Gasteiger partial charge in [-0.3, -0.25) is 9.69 Å². The van der Waals surface area contributed by atoms with Crippen molar-refractivity contribution in [2.75, 3.05) is 4.90 Å². The quantitative estimate of drug-likeness (QED) is 0.852. The van der Waals surface area contributed by atoms with Crippen LogP contribution >= 0.6 is 11.6 Å². The monoisotopic (exact) mass is 327 g/mol. The summed E-state index contributed by atoms with van der Waals surface area (Å²) in [6.45, 7) is 2.11. The highest BCUT2D eigenvalue weighted by Gasteiger charge is 2.45. The summed E-state index contributed by atoms with van der Waals surface area (Å²) >= 11 is 6.37. The number of benzene rings is 2. The Morgan fingerprint density at radius 1 is 1.22 bits per heavy atom. The van der Waals surface area contributed by atoms with Crippen molar-refractivity contribution in [2.24, 2.45) is 0 Å². The average molecular weight is 328 g/mol. The molecule has 0 unspecified atom stereocenters. The zero-order valence-electron chi connectivity index (χ0n) is 12.4. The van der Waals surface area contributed by atoms with Gasteiger partial charge in [0.2, 0.25) is 0 Å². The number of carbonyl (C=O) groups excluding carboxylic acids is 1. The summed E-state index contributed by atoms with van der Waals surface area (Å²) in [5, 5.41) is 9.93. The number of aromatic carboxylic acids is 1. The summed E-state index contributed by atoms with van der Waals surface area (Å²) in [4.78, 5) is 26.1. The fourth-order valence-corrected chi connectivity index (χ4v) is 4.07. The lowest BCUT2D eigenvalue weighted by atomic mass is 9.85. The first-order valence-corrected chi connectivity index (χ1v) is 7.86. The van der Waals surface area contributed by atoms with E-state index in [0.29, 0.717) is 10.6 Å². The molecular formula is C18H14ClNO3. The molecule has 2 aliphatic heterocycles. The van der Waals surface area contributed by atoms with Crippen LogP contribution in [0.3, 0.4) is 0 Å². The van der Waals surface area contributed by atoms with E-state index in [1.54, 1.807) is 17.0 Å². The topological polar surface area (TPSA) is 57.6 Å². The standard InChI is InChI=1S/C18H14ClNO3/c1-9-8-14-11-5-2-6-12(18(22)23)15(11)17(21)20(14)16-10(9)4-3-7-13(16)19/h2-7,9,14H,8H2,1H3,(H,22,23)/t9-,14-/m0/s1. The lowest BCUT2D eigenvalue weighted by molar-refractivity contribution is 0.0692. The molecule has 0 aromatic heterocycles. The van der Waals surface area contributed by atoms with Crippen molar-refractivity contribution in [3.05, 3.63) is 63.7 Å². The number of hydrogen-bond donors (Lipinski definition) is 1. The van der Waals surface area contributed by atoms with Crippen LogP contribution < -0.4 is 4.90 Å². The predicted octanol–water partition coefficient (Wildman–Crippen LogP) is 4.25. The number of para-hydroxylation sites is 1. The smallest absolute Gasteiger partial charge is 0.336 e. The van der Waals surface area contributed by atoms with E-state index in [1.807, 2.05) is 18.2 Å². The van der Waals surface area contributed by atoms with E-state index < -0.39 is 5.97 Å². The van der Waals surface area contributed by atoms with Crippen molar-refractivity contribution >= 4 is 29.2 Å². The van der Waals surface area contributed by atoms with Gasteiger partial charge in [0.05, 0.1) is 27.9 Å². The lowest BCUT2D eigenvalue weighted by Crippen LogP contribution is -2.33. The van der Waals surface area contributed by atoms with E-state index in [9.17, 15) is 14.7 Å². The number of fused-ring (bicyclic) bond motifs is 5. The van der Waals surface area contributed by atoms with Crippen molar-refractivity contribution in [1.29, 1.82) is 0 Å². The minimum atomic E-state index is -1.08. The number of carboxylic acid groups (broad SMARTS) is 1. The summed E-state index contributed by atoms with van der Waals surface area (Å²) in [6, 6.07) is 10.5. The highest BCUT2D eigenvalue weighted by atomic mass is 35.5. The molecule has 5 heteroatoms. The number of halogens is 1. The summed E-state index contributed by atoms with van der Waals surface area (Å²) in [7, 11) is 0. The highest BCUT2D eigenvalue weighted by molar-refractivity contribution is 6.34. The van der Waals surface area contributed by atoms with Crippen LogP contribution in [0.1, 0.15) is 57.1 Å². The fraction of sp³-hybridized carbons (Fsp3) is 0.222. The van der Waals surface area contributed by atoms with Gasteiger partial charge in [-0.05, 0) is 35.6 Å². The van der Waals surface area contributed by atoms with Gasteiger partial charge < -0.3 is 5.11 Å². The Balaban J connectivity index is 1.98. The molecule has 0 bridgehead atoms. The molecule has 2 aliphatic rings. The van der Waals surface area contributed by atoms with Crippen molar-refractivity contribution in [1.82, 2.24) is 0 Å². The lowest BCUT2D eigenvalue weighted by Gasteiger charge is -2.36. The van der Waals surface area contributed by atoms with Crippen LogP contribution in [-0.4, -0.2) is 17.0 Å². The minimum Gasteiger partial charge on any atom is -0.478 e. The second-order valence-corrected chi connectivity index (χ2v) is 6.49. The Labute approximate surface area is 138 Å². The van der Waals surface area contributed by atoms with Gasteiger partial charge in [0.25, 0.3) is 5.91 Å². The van der Waals surface area contributed by atoms with Gasteiger partial charge in [-0.1, -0.05) is 42.8 Å². The fourth-order valence-electron chi connectivity index (χ4n) is 3.80. The molecule has 4 rings (SSSR count). The van der Waals surface area contributed by atoms with Crippen LogP contribution in [0.25, 0.3) is 0 Å². The van der Waals surface area contributed by atoms with E-state index in [2.05, 4.69) is 6.92 Å². The molecule has 1 amide bonds.